The van der Waals surface area contributed by atoms with Gasteiger partial charge in [-0.1, -0.05) is 37.6 Å². The van der Waals surface area contributed by atoms with Gasteiger partial charge in [0.25, 0.3) is 5.91 Å². The largest absolute Gasteiger partial charge is 0.481 e. The van der Waals surface area contributed by atoms with Crippen LogP contribution in [0.25, 0.3) is 0 Å². The molecule has 140 valence electrons. The molecule has 1 amide bonds. The first-order valence-corrected chi connectivity index (χ1v) is 8.40. The summed E-state index contributed by atoms with van der Waals surface area (Å²) in [5.41, 5.74) is 0.127. The number of carbonyl (C=O) groups is 1. The highest BCUT2D eigenvalue weighted by Gasteiger charge is 2.33. The van der Waals surface area contributed by atoms with E-state index in [4.69, 9.17) is 16.3 Å². The SMILES string of the molecule is CC(Oc1ccc(C(C)C)cc1)C(=O)Nc1ccc(Cl)c(C(F)(F)F)c1. The molecule has 0 aliphatic carbocycles. The third-order valence-electron chi connectivity index (χ3n) is 3.77. The predicted molar refractivity (Wildman–Crippen MR) is 95.7 cm³/mol. The molecule has 3 nitrogen and oxygen atoms in total. The second-order valence-electron chi connectivity index (χ2n) is 6.17. The van der Waals surface area contributed by atoms with Crippen molar-refractivity contribution in [3.63, 3.8) is 0 Å². The quantitative estimate of drug-likeness (QED) is 0.697. The van der Waals surface area contributed by atoms with Crippen molar-refractivity contribution in [1.82, 2.24) is 0 Å². The number of halogens is 4. The Labute approximate surface area is 155 Å². The Morgan fingerprint density at radius 3 is 2.23 bits per heavy atom. The fourth-order valence-corrected chi connectivity index (χ4v) is 2.48. The molecule has 7 heteroatoms. The van der Waals surface area contributed by atoms with Gasteiger partial charge in [-0.2, -0.15) is 13.2 Å². The van der Waals surface area contributed by atoms with Crippen molar-refractivity contribution in [2.75, 3.05) is 5.32 Å². The van der Waals surface area contributed by atoms with Crippen molar-refractivity contribution in [2.24, 2.45) is 0 Å². The van der Waals surface area contributed by atoms with Gasteiger partial charge in [0.2, 0.25) is 0 Å². The fourth-order valence-electron chi connectivity index (χ4n) is 2.25. The molecule has 0 saturated heterocycles. The number of amides is 1. The van der Waals surface area contributed by atoms with Gasteiger partial charge in [0.15, 0.2) is 6.10 Å². The van der Waals surface area contributed by atoms with Gasteiger partial charge in [0.05, 0.1) is 10.6 Å². The van der Waals surface area contributed by atoms with Gasteiger partial charge in [-0.3, -0.25) is 4.79 Å². The average Bonchev–Trinajstić information content (AvgIpc) is 2.56. The minimum absolute atomic E-state index is 0.00247. The van der Waals surface area contributed by atoms with Crippen molar-refractivity contribution in [1.29, 1.82) is 0 Å². The number of anilines is 1. The molecule has 26 heavy (non-hydrogen) atoms. The molecule has 1 unspecified atom stereocenters. The minimum atomic E-state index is -4.60. The molecule has 0 aliphatic heterocycles. The molecule has 0 fully saturated rings. The topological polar surface area (TPSA) is 38.3 Å². The zero-order valence-corrected chi connectivity index (χ0v) is 15.3. The highest BCUT2D eigenvalue weighted by Crippen LogP contribution is 2.36. The molecule has 1 atom stereocenters. The number of nitrogens with one attached hydrogen (secondary N) is 1. The van der Waals surface area contributed by atoms with Crippen LogP contribution >= 0.6 is 11.6 Å². The average molecular weight is 386 g/mol. The molecule has 0 bridgehead atoms. The standard InChI is InChI=1S/C19H19ClF3NO2/c1-11(2)13-4-7-15(8-5-13)26-12(3)18(25)24-14-6-9-17(20)16(10-14)19(21,22)23/h4-12H,1-3H3,(H,24,25). The number of hydrogen-bond donors (Lipinski definition) is 1. The van der Waals surface area contributed by atoms with E-state index in [0.717, 1.165) is 17.7 Å². The van der Waals surface area contributed by atoms with Gasteiger partial charge in [-0.05, 0) is 48.7 Å². The van der Waals surface area contributed by atoms with E-state index in [9.17, 15) is 18.0 Å². The van der Waals surface area contributed by atoms with Crippen molar-refractivity contribution >= 4 is 23.2 Å². The van der Waals surface area contributed by atoms with E-state index < -0.39 is 28.8 Å². The van der Waals surface area contributed by atoms with Crippen molar-refractivity contribution in [2.45, 2.75) is 39.0 Å². The smallest absolute Gasteiger partial charge is 0.417 e. The van der Waals surface area contributed by atoms with E-state index in [-0.39, 0.29) is 5.69 Å². The van der Waals surface area contributed by atoms with Crippen molar-refractivity contribution in [3.8, 4) is 5.75 Å². The molecule has 0 aromatic heterocycles. The summed E-state index contributed by atoms with van der Waals surface area (Å²) >= 11 is 5.56. The molecule has 0 heterocycles. The highest BCUT2D eigenvalue weighted by atomic mass is 35.5. The highest BCUT2D eigenvalue weighted by molar-refractivity contribution is 6.31. The summed E-state index contributed by atoms with van der Waals surface area (Å²) in [6, 6.07) is 10.5. The van der Waals surface area contributed by atoms with Crippen LogP contribution in [-0.2, 0) is 11.0 Å². The maximum Gasteiger partial charge on any atom is 0.417 e. The number of carbonyl (C=O) groups excluding carboxylic acids is 1. The second kappa shape index (κ2) is 7.99. The van der Waals surface area contributed by atoms with Crippen LogP contribution in [0.15, 0.2) is 42.5 Å². The van der Waals surface area contributed by atoms with Crippen LogP contribution in [0.1, 0.15) is 37.8 Å². The molecule has 0 radical (unpaired) electrons. The van der Waals surface area contributed by atoms with Gasteiger partial charge in [-0.15, -0.1) is 0 Å². The summed E-state index contributed by atoms with van der Waals surface area (Å²) in [5, 5.41) is 1.98. The Bertz CT molecular complexity index is 773. The first-order chi connectivity index (χ1) is 12.1. The summed E-state index contributed by atoms with van der Waals surface area (Å²) < 4.78 is 44.2. The monoisotopic (exact) mass is 385 g/mol. The third kappa shape index (κ3) is 5.14. The Hall–Kier alpha value is -2.21. The van der Waals surface area contributed by atoms with E-state index in [1.54, 1.807) is 12.1 Å². The van der Waals surface area contributed by atoms with Gasteiger partial charge in [0.1, 0.15) is 5.75 Å². The summed E-state index contributed by atoms with van der Waals surface area (Å²) in [6.45, 7) is 5.65. The molecule has 2 aromatic carbocycles. The summed E-state index contributed by atoms with van der Waals surface area (Å²) in [5.74, 6) is 0.315. The zero-order chi connectivity index (χ0) is 19.5. The lowest BCUT2D eigenvalue weighted by Crippen LogP contribution is -2.30. The van der Waals surface area contributed by atoms with E-state index in [2.05, 4.69) is 19.2 Å². The normalized spacial score (nSPS) is 12.8. The lowest BCUT2D eigenvalue weighted by molar-refractivity contribution is -0.137. The number of hydrogen-bond acceptors (Lipinski definition) is 2. The van der Waals surface area contributed by atoms with Gasteiger partial charge in [-0.25, -0.2) is 0 Å². The first-order valence-electron chi connectivity index (χ1n) is 8.02. The third-order valence-corrected chi connectivity index (χ3v) is 4.10. The molecule has 2 rings (SSSR count). The van der Waals surface area contributed by atoms with Gasteiger partial charge in [0, 0.05) is 5.69 Å². The molecule has 2 aromatic rings. The number of alkyl halides is 3. The zero-order valence-electron chi connectivity index (χ0n) is 14.5. The van der Waals surface area contributed by atoms with E-state index in [1.165, 1.54) is 13.0 Å². The molecule has 0 spiro atoms. The summed E-state index contributed by atoms with van der Waals surface area (Å²) in [7, 11) is 0. The Balaban J connectivity index is 2.05. The van der Waals surface area contributed by atoms with E-state index >= 15 is 0 Å². The van der Waals surface area contributed by atoms with Crippen LogP contribution < -0.4 is 10.1 Å². The van der Waals surface area contributed by atoms with Crippen molar-refractivity contribution < 1.29 is 22.7 Å². The van der Waals surface area contributed by atoms with Crippen molar-refractivity contribution in [3.05, 3.63) is 58.6 Å². The van der Waals surface area contributed by atoms with E-state index in [0.29, 0.717) is 11.7 Å². The van der Waals surface area contributed by atoms with Gasteiger partial charge < -0.3 is 10.1 Å². The second-order valence-corrected chi connectivity index (χ2v) is 6.57. The van der Waals surface area contributed by atoms with Crippen LogP contribution in [-0.4, -0.2) is 12.0 Å². The molecular weight excluding hydrogens is 367 g/mol. The Morgan fingerprint density at radius 2 is 1.69 bits per heavy atom. The first kappa shape index (κ1) is 20.1. The Morgan fingerprint density at radius 1 is 1.08 bits per heavy atom. The lowest BCUT2D eigenvalue weighted by Gasteiger charge is -2.16. The Kier molecular flexibility index (Phi) is 6.18. The maximum atomic E-state index is 12.9. The summed E-state index contributed by atoms with van der Waals surface area (Å²) in [4.78, 5) is 12.2. The number of rotatable bonds is 5. The molecule has 0 aliphatic rings. The maximum absolute atomic E-state index is 12.9. The number of benzene rings is 2. The van der Waals surface area contributed by atoms with Crippen LogP contribution in [0.4, 0.5) is 18.9 Å². The summed E-state index contributed by atoms with van der Waals surface area (Å²) in [6.07, 6.45) is -5.48. The molecule has 1 N–H and O–H groups in total. The number of ether oxygens (including phenoxy) is 1. The predicted octanol–water partition coefficient (Wildman–Crippen LogP) is 5.89. The van der Waals surface area contributed by atoms with E-state index in [1.807, 2.05) is 12.1 Å². The van der Waals surface area contributed by atoms with Gasteiger partial charge >= 0.3 is 6.18 Å². The molecule has 0 saturated carbocycles. The van der Waals surface area contributed by atoms with Crippen LogP contribution in [0.3, 0.4) is 0 Å². The fraction of sp³-hybridized carbons (Fsp3) is 0.316. The van der Waals surface area contributed by atoms with Crippen LogP contribution in [0, 0.1) is 0 Å². The van der Waals surface area contributed by atoms with Crippen LogP contribution in [0.2, 0.25) is 5.02 Å². The molecular formula is C19H19ClF3NO2. The minimum Gasteiger partial charge on any atom is -0.481 e. The lowest BCUT2D eigenvalue weighted by atomic mass is 10.0. The van der Waals surface area contributed by atoms with Crippen LogP contribution in [0.5, 0.6) is 5.75 Å².